The first-order chi connectivity index (χ1) is 11.3. The van der Waals surface area contributed by atoms with Gasteiger partial charge in [0.1, 0.15) is 0 Å². The second-order valence-corrected chi connectivity index (χ2v) is 8.71. The molecule has 0 radical (unpaired) electrons. The van der Waals surface area contributed by atoms with Crippen molar-refractivity contribution in [3.05, 3.63) is 23.8 Å². The Morgan fingerprint density at radius 1 is 1.21 bits per heavy atom. The van der Waals surface area contributed by atoms with Crippen LogP contribution in [-0.2, 0) is 0 Å². The maximum Gasteiger partial charge on any atom is 0.0819 e. The van der Waals surface area contributed by atoms with Crippen LogP contribution in [0.1, 0.15) is 46.0 Å². The Labute approximate surface area is 144 Å². The lowest BCUT2D eigenvalue weighted by molar-refractivity contribution is -0.150. The van der Waals surface area contributed by atoms with Crippen molar-refractivity contribution in [2.24, 2.45) is 28.6 Å². The quantitative estimate of drug-likeness (QED) is 0.595. The van der Waals surface area contributed by atoms with E-state index in [9.17, 15) is 20.4 Å². The maximum atomic E-state index is 10.9. The average molecular weight is 336 g/mol. The molecule has 0 aromatic heterocycles. The van der Waals surface area contributed by atoms with Gasteiger partial charge in [0, 0.05) is 11.3 Å². The molecule has 0 amide bonds. The molecule has 0 saturated heterocycles. The fraction of sp³-hybridized carbons (Fsp3) is 0.800. The van der Waals surface area contributed by atoms with Crippen molar-refractivity contribution >= 4 is 0 Å². The van der Waals surface area contributed by atoms with Crippen LogP contribution in [0.5, 0.6) is 0 Å². The second kappa shape index (κ2) is 6.24. The van der Waals surface area contributed by atoms with Gasteiger partial charge in [-0.05, 0) is 60.5 Å². The molecule has 0 heterocycles. The third-order valence-corrected chi connectivity index (χ3v) is 7.65. The van der Waals surface area contributed by atoms with Crippen molar-refractivity contribution in [2.45, 2.75) is 58.2 Å². The highest BCUT2D eigenvalue weighted by Crippen LogP contribution is 2.62. The van der Waals surface area contributed by atoms with Crippen LogP contribution in [0, 0.1) is 28.6 Å². The van der Waals surface area contributed by atoms with Gasteiger partial charge in [-0.15, -0.1) is 0 Å². The monoisotopic (exact) mass is 336 g/mol. The molecule has 2 saturated carbocycles. The van der Waals surface area contributed by atoms with Gasteiger partial charge in [0.2, 0.25) is 0 Å². The van der Waals surface area contributed by atoms with Crippen molar-refractivity contribution < 1.29 is 20.4 Å². The maximum absolute atomic E-state index is 10.9. The summed E-state index contributed by atoms with van der Waals surface area (Å²) in [5, 5.41) is 40.8. The van der Waals surface area contributed by atoms with Crippen LogP contribution in [-0.4, -0.2) is 45.8 Å². The van der Waals surface area contributed by atoms with E-state index in [0.29, 0.717) is 12.0 Å². The van der Waals surface area contributed by atoms with E-state index < -0.39 is 17.6 Å². The molecule has 0 aromatic rings. The van der Waals surface area contributed by atoms with Gasteiger partial charge in [-0.25, -0.2) is 0 Å². The average Bonchev–Trinajstić information content (AvgIpc) is 2.58. The largest absolute Gasteiger partial charge is 0.396 e. The summed E-state index contributed by atoms with van der Waals surface area (Å²) in [5.74, 6) is 0.445. The minimum Gasteiger partial charge on any atom is -0.396 e. The predicted octanol–water partition coefficient (Wildman–Crippen LogP) is 2.03. The van der Waals surface area contributed by atoms with Gasteiger partial charge in [-0.3, -0.25) is 0 Å². The van der Waals surface area contributed by atoms with Gasteiger partial charge in [-0.2, -0.15) is 0 Å². The van der Waals surface area contributed by atoms with Crippen molar-refractivity contribution in [3.63, 3.8) is 0 Å². The number of fused-ring (bicyclic) bond motifs is 3. The van der Waals surface area contributed by atoms with Gasteiger partial charge < -0.3 is 20.4 Å². The molecule has 2 fully saturated rings. The molecule has 4 nitrogen and oxygen atoms in total. The van der Waals surface area contributed by atoms with Gasteiger partial charge >= 0.3 is 0 Å². The summed E-state index contributed by atoms with van der Waals surface area (Å²) in [6.45, 7) is 8.14. The predicted molar refractivity (Wildman–Crippen MR) is 93.2 cm³/mol. The van der Waals surface area contributed by atoms with Gasteiger partial charge in [0.25, 0.3) is 0 Å². The highest BCUT2D eigenvalue weighted by molar-refractivity contribution is 5.29. The molecule has 4 N–H and O–H groups in total. The summed E-state index contributed by atoms with van der Waals surface area (Å²) < 4.78 is 0. The van der Waals surface area contributed by atoms with Gasteiger partial charge in [0.05, 0.1) is 25.4 Å². The topological polar surface area (TPSA) is 80.9 Å². The molecule has 0 spiro atoms. The molecule has 0 aliphatic heterocycles. The molecule has 3 aliphatic rings. The van der Waals surface area contributed by atoms with E-state index in [1.807, 2.05) is 6.92 Å². The lowest BCUT2D eigenvalue weighted by Crippen LogP contribution is -2.58. The van der Waals surface area contributed by atoms with Crippen LogP contribution >= 0.6 is 0 Å². The minimum atomic E-state index is -0.562. The first-order valence-corrected chi connectivity index (χ1v) is 9.25. The Bertz CT molecular complexity index is 542. The van der Waals surface area contributed by atoms with E-state index >= 15 is 0 Å². The standard InChI is InChI=1S/C20H32O4/c1-12(10-21)13-4-6-15-14(18(13)24)5-7-16-19(15,2)9-8-17(23)20(16,3)11-22/h5,13,15-18,21-24H,1,4,6-11H2,2-3H3/t13-,15+,16-,17+,18+,19-,20-/m0/s1. The van der Waals surface area contributed by atoms with Gasteiger partial charge in [-0.1, -0.05) is 26.5 Å². The molecule has 136 valence electrons. The molecule has 3 rings (SSSR count). The smallest absolute Gasteiger partial charge is 0.0819 e. The summed E-state index contributed by atoms with van der Waals surface area (Å²) in [5.41, 5.74) is 1.32. The van der Waals surface area contributed by atoms with E-state index in [-0.39, 0.29) is 36.4 Å². The summed E-state index contributed by atoms with van der Waals surface area (Å²) in [6, 6.07) is 0. The SMILES string of the molecule is C=C(CO)[C@@H]1CC[C@@H]2C(=CC[C@@H]3[C@](C)(CO)[C@H](O)CC[C@]32C)[C@@H]1O. The number of aliphatic hydroxyl groups excluding tert-OH is 4. The highest BCUT2D eigenvalue weighted by atomic mass is 16.3. The zero-order valence-corrected chi connectivity index (χ0v) is 14.9. The third-order valence-electron chi connectivity index (χ3n) is 7.65. The lowest BCUT2D eigenvalue weighted by Gasteiger charge is -2.60. The fourth-order valence-corrected chi connectivity index (χ4v) is 5.99. The number of hydrogen-bond donors (Lipinski definition) is 4. The normalized spacial score (nSPS) is 48.2. The lowest BCUT2D eigenvalue weighted by atomic mass is 9.45. The highest BCUT2D eigenvalue weighted by Gasteiger charge is 2.58. The molecule has 7 atom stereocenters. The third kappa shape index (κ3) is 2.42. The van der Waals surface area contributed by atoms with Crippen LogP contribution in [0.2, 0.25) is 0 Å². The molecular formula is C20H32O4. The fourth-order valence-electron chi connectivity index (χ4n) is 5.99. The van der Waals surface area contributed by atoms with E-state index in [1.54, 1.807) is 0 Å². The van der Waals surface area contributed by atoms with Crippen LogP contribution in [0.15, 0.2) is 23.8 Å². The number of aliphatic hydroxyl groups is 4. The second-order valence-electron chi connectivity index (χ2n) is 8.71. The van der Waals surface area contributed by atoms with E-state index in [4.69, 9.17) is 0 Å². The summed E-state index contributed by atoms with van der Waals surface area (Å²) in [4.78, 5) is 0. The van der Waals surface area contributed by atoms with E-state index in [0.717, 1.165) is 31.3 Å². The van der Waals surface area contributed by atoms with Crippen LogP contribution < -0.4 is 0 Å². The minimum absolute atomic E-state index is 0.00316. The van der Waals surface area contributed by atoms with E-state index in [2.05, 4.69) is 19.6 Å². The molecule has 4 heteroatoms. The summed E-state index contributed by atoms with van der Waals surface area (Å²) in [7, 11) is 0. The van der Waals surface area contributed by atoms with Crippen LogP contribution in [0.4, 0.5) is 0 Å². The van der Waals surface area contributed by atoms with Crippen LogP contribution in [0.25, 0.3) is 0 Å². The molecule has 0 unspecified atom stereocenters. The molecule has 3 aliphatic carbocycles. The molecular weight excluding hydrogens is 304 g/mol. The van der Waals surface area contributed by atoms with Crippen molar-refractivity contribution in [2.75, 3.05) is 13.2 Å². The Balaban J connectivity index is 1.95. The first-order valence-electron chi connectivity index (χ1n) is 9.25. The first kappa shape index (κ1) is 18.1. The Hall–Kier alpha value is -0.680. The Kier molecular flexibility index (Phi) is 4.71. The Morgan fingerprint density at radius 3 is 2.54 bits per heavy atom. The molecule has 0 bridgehead atoms. The molecule has 0 aromatic carbocycles. The van der Waals surface area contributed by atoms with Crippen molar-refractivity contribution in [1.82, 2.24) is 0 Å². The number of hydrogen-bond acceptors (Lipinski definition) is 4. The Morgan fingerprint density at radius 2 is 1.92 bits per heavy atom. The summed E-state index contributed by atoms with van der Waals surface area (Å²) in [6.07, 6.45) is 5.34. The van der Waals surface area contributed by atoms with Crippen LogP contribution in [0.3, 0.4) is 0 Å². The summed E-state index contributed by atoms with van der Waals surface area (Å²) >= 11 is 0. The van der Waals surface area contributed by atoms with Crippen molar-refractivity contribution in [3.8, 4) is 0 Å². The zero-order chi connectivity index (χ0) is 17.7. The zero-order valence-electron chi connectivity index (χ0n) is 14.9. The van der Waals surface area contributed by atoms with E-state index in [1.165, 1.54) is 0 Å². The molecule has 24 heavy (non-hydrogen) atoms. The van der Waals surface area contributed by atoms with Gasteiger partial charge in [0.15, 0.2) is 0 Å². The number of allylic oxidation sites excluding steroid dienone is 1. The van der Waals surface area contributed by atoms with Crippen molar-refractivity contribution in [1.29, 1.82) is 0 Å². The number of rotatable bonds is 3.